The standard InChI is InChI=1S/C19H21N3O3S/c1-12(2)13-5-7-17(25-3)16(10-13)15-9-14-6-8-18(22-26(4,23)24)21-19(14)20-11-15/h5-12H,1-4H3,(H,20,21,22). The van der Waals surface area contributed by atoms with Gasteiger partial charge in [-0.05, 0) is 41.8 Å². The molecule has 2 heterocycles. The molecular weight excluding hydrogens is 350 g/mol. The molecule has 6 nitrogen and oxygen atoms in total. The molecule has 7 heteroatoms. The van der Waals surface area contributed by atoms with Gasteiger partial charge in [0.15, 0.2) is 5.65 Å². The first kappa shape index (κ1) is 18.1. The number of methoxy groups -OCH3 is 1. The highest BCUT2D eigenvalue weighted by Crippen LogP contribution is 2.33. The topological polar surface area (TPSA) is 81.2 Å². The summed E-state index contributed by atoms with van der Waals surface area (Å²) in [6.07, 6.45) is 2.81. The molecule has 0 radical (unpaired) electrons. The molecule has 0 aliphatic rings. The fraction of sp³-hybridized carbons (Fsp3) is 0.263. The molecule has 1 aromatic carbocycles. The molecule has 0 amide bonds. The van der Waals surface area contributed by atoms with E-state index in [1.165, 1.54) is 5.56 Å². The highest BCUT2D eigenvalue weighted by atomic mass is 32.2. The monoisotopic (exact) mass is 371 g/mol. The number of ether oxygens (including phenoxy) is 1. The van der Waals surface area contributed by atoms with E-state index in [0.29, 0.717) is 11.6 Å². The molecule has 26 heavy (non-hydrogen) atoms. The maximum Gasteiger partial charge on any atom is 0.230 e. The van der Waals surface area contributed by atoms with Gasteiger partial charge < -0.3 is 4.74 Å². The van der Waals surface area contributed by atoms with Crippen molar-refractivity contribution in [2.45, 2.75) is 19.8 Å². The van der Waals surface area contributed by atoms with Gasteiger partial charge in [0.2, 0.25) is 10.0 Å². The molecular formula is C19H21N3O3S. The Morgan fingerprint density at radius 2 is 1.88 bits per heavy atom. The third-order valence-corrected chi connectivity index (χ3v) is 4.61. The fourth-order valence-corrected chi connectivity index (χ4v) is 3.21. The lowest BCUT2D eigenvalue weighted by Crippen LogP contribution is -2.10. The number of benzene rings is 1. The van der Waals surface area contributed by atoms with Gasteiger partial charge in [0.25, 0.3) is 0 Å². The van der Waals surface area contributed by atoms with E-state index < -0.39 is 10.0 Å². The van der Waals surface area contributed by atoms with Crippen LogP contribution in [0.2, 0.25) is 0 Å². The summed E-state index contributed by atoms with van der Waals surface area (Å²) >= 11 is 0. The fourth-order valence-electron chi connectivity index (χ4n) is 2.72. The Hall–Kier alpha value is -2.67. The van der Waals surface area contributed by atoms with E-state index in [4.69, 9.17) is 4.74 Å². The van der Waals surface area contributed by atoms with Crippen molar-refractivity contribution in [1.82, 2.24) is 9.97 Å². The molecule has 0 atom stereocenters. The summed E-state index contributed by atoms with van der Waals surface area (Å²) < 4.78 is 30.6. The van der Waals surface area contributed by atoms with Crippen LogP contribution < -0.4 is 9.46 Å². The number of fused-ring (bicyclic) bond motifs is 1. The van der Waals surface area contributed by atoms with Gasteiger partial charge in [-0.15, -0.1) is 0 Å². The van der Waals surface area contributed by atoms with Gasteiger partial charge in [-0.3, -0.25) is 4.72 Å². The Kier molecular flexibility index (Phi) is 4.82. The quantitative estimate of drug-likeness (QED) is 0.738. The molecule has 2 aromatic heterocycles. The average molecular weight is 371 g/mol. The van der Waals surface area contributed by atoms with E-state index in [0.717, 1.165) is 28.5 Å². The van der Waals surface area contributed by atoms with Gasteiger partial charge in [-0.2, -0.15) is 0 Å². The second kappa shape index (κ2) is 6.92. The molecule has 0 saturated carbocycles. The van der Waals surface area contributed by atoms with Gasteiger partial charge >= 0.3 is 0 Å². The Labute approximate surface area is 153 Å². The minimum Gasteiger partial charge on any atom is -0.496 e. The second-order valence-corrected chi connectivity index (χ2v) is 8.20. The second-order valence-electron chi connectivity index (χ2n) is 6.46. The zero-order valence-corrected chi connectivity index (χ0v) is 16.0. The van der Waals surface area contributed by atoms with Crippen LogP contribution in [-0.2, 0) is 10.0 Å². The summed E-state index contributed by atoms with van der Waals surface area (Å²) in [5.74, 6) is 1.43. The van der Waals surface area contributed by atoms with Crippen molar-refractivity contribution in [3.63, 3.8) is 0 Å². The number of nitrogens with zero attached hydrogens (tertiary/aromatic N) is 2. The Bertz CT molecular complexity index is 1060. The third-order valence-electron chi connectivity index (χ3n) is 4.03. The number of sulfonamides is 1. The number of hydrogen-bond donors (Lipinski definition) is 1. The first-order chi connectivity index (χ1) is 12.3. The van der Waals surface area contributed by atoms with E-state index in [-0.39, 0.29) is 5.82 Å². The molecule has 0 unspecified atom stereocenters. The van der Waals surface area contributed by atoms with Crippen molar-refractivity contribution >= 4 is 26.9 Å². The van der Waals surface area contributed by atoms with Gasteiger partial charge in [0.1, 0.15) is 11.6 Å². The van der Waals surface area contributed by atoms with Crippen molar-refractivity contribution in [1.29, 1.82) is 0 Å². The van der Waals surface area contributed by atoms with Gasteiger partial charge in [0, 0.05) is 22.7 Å². The molecule has 3 rings (SSSR count). The average Bonchev–Trinajstić information content (AvgIpc) is 2.59. The Morgan fingerprint density at radius 1 is 1.12 bits per heavy atom. The van der Waals surface area contributed by atoms with Crippen LogP contribution in [0.1, 0.15) is 25.3 Å². The van der Waals surface area contributed by atoms with Crippen molar-refractivity contribution in [2.24, 2.45) is 0 Å². The lowest BCUT2D eigenvalue weighted by molar-refractivity contribution is 0.416. The van der Waals surface area contributed by atoms with Crippen molar-refractivity contribution in [2.75, 3.05) is 18.1 Å². The smallest absolute Gasteiger partial charge is 0.230 e. The molecule has 1 N–H and O–H groups in total. The van der Waals surface area contributed by atoms with Crippen LogP contribution in [0.3, 0.4) is 0 Å². The van der Waals surface area contributed by atoms with Gasteiger partial charge in [-0.1, -0.05) is 19.9 Å². The predicted octanol–water partition coefficient (Wildman–Crippen LogP) is 3.80. The summed E-state index contributed by atoms with van der Waals surface area (Å²) in [7, 11) is -1.73. The highest BCUT2D eigenvalue weighted by molar-refractivity contribution is 7.92. The van der Waals surface area contributed by atoms with Crippen molar-refractivity contribution in [3.8, 4) is 16.9 Å². The number of anilines is 1. The van der Waals surface area contributed by atoms with Crippen molar-refractivity contribution < 1.29 is 13.2 Å². The molecule has 0 spiro atoms. The largest absolute Gasteiger partial charge is 0.496 e. The molecule has 0 fully saturated rings. The summed E-state index contributed by atoms with van der Waals surface area (Å²) in [6, 6.07) is 11.5. The van der Waals surface area contributed by atoms with E-state index in [9.17, 15) is 8.42 Å². The van der Waals surface area contributed by atoms with Crippen LogP contribution in [-0.4, -0.2) is 31.8 Å². The SMILES string of the molecule is COc1ccc(C(C)C)cc1-c1cnc2nc(NS(C)(=O)=O)ccc2c1. The van der Waals surface area contributed by atoms with Crippen LogP contribution in [0.15, 0.2) is 42.6 Å². The third kappa shape index (κ3) is 3.94. The number of pyridine rings is 2. The molecule has 0 bridgehead atoms. The maximum atomic E-state index is 11.3. The van der Waals surface area contributed by atoms with Crippen LogP contribution in [0.4, 0.5) is 5.82 Å². The Balaban J connectivity index is 2.07. The van der Waals surface area contributed by atoms with Crippen LogP contribution in [0, 0.1) is 0 Å². The summed E-state index contributed by atoms with van der Waals surface area (Å²) in [4.78, 5) is 8.65. The predicted molar refractivity (Wildman–Crippen MR) is 104 cm³/mol. The van der Waals surface area contributed by atoms with Crippen molar-refractivity contribution in [3.05, 3.63) is 48.2 Å². The maximum absolute atomic E-state index is 11.3. The molecule has 0 aliphatic heterocycles. The number of aromatic nitrogens is 2. The minimum atomic E-state index is -3.38. The normalized spacial score (nSPS) is 11.7. The first-order valence-electron chi connectivity index (χ1n) is 8.20. The summed E-state index contributed by atoms with van der Waals surface area (Å²) in [5, 5.41) is 0.818. The first-order valence-corrected chi connectivity index (χ1v) is 10.1. The number of nitrogens with one attached hydrogen (secondary N) is 1. The van der Waals surface area contributed by atoms with Crippen LogP contribution >= 0.6 is 0 Å². The van der Waals surface area contributed by atoms with E-state index in [1.54, 1.807) is 25.4 Å². The Morgan fingerprint density at radius 3 is 2.54 bits per heavy atom. The minimum absolute atomic E-state index is 0.250. The molecule has 136 valence electrons. The summed E-state index contributed by atoms with van der Waals surface area (Å²) in [5.41, 5.74) is 3.57. The zero-order chi connectivity index (χ0) is 18.9. The van der Waals surface area contributed by atoms with E-state index >= 15 is 0 Å². The van der Waals surface area contributed by atoms with Gasteiger partial charge in [-0.25, -0.2) is 18.4 Å². The number of hydrogen-bond acceptors (Lipinski definition) is 5. The van der Waals surface area contributed by atoms with Gasteiger partial charge in [0.05, 0.1) is 13.4 Å². The highest BCUT2D eigenvalue weighted by Gasteiger charge is 2.11. The molecule has 0 aliphatic carbocycles. The van der Waals surface area contributed by atoms with E-state index in [2.05, 4.69) is 40.7 Å². The van der Waals surface area contributed by atoms with E-state index in [1.807, 2.05) is 12.1 Å². The number of rotatable bonds is 5. The van der Waals surface area contributed by atoms with Crippen LogP contribution in [0.25, 0.3) is 22.2 Å². The lowest BCUT2D eigenvalue weighted by atomic mass is 9.97. The zero-order valence-electron chi connectivity index (χ0n) is 15.1. The molecule has 0 saturated heterocycles. The van der Waals surface area contributed by atoms with Crippen LogP contribution in [0.5, 0.6) is 5.75 Å². The lowest BCUT2D eigenvalue weighted by Gasteiger charge is -2.13. The molecule has 3 aromatic rings. The summed E-state index contributed by atoms with van der Waals surface area (Å²) in [6.45, 7) is 4.29.